The number of hydrogen-bond donors (Lipinski definition) is 1. The molecule has 1 heterocycles. The van der Waals surface area contributed by atoms with Crippen LogP contribution in [-0.4, -0.2) is 6.54 Å². The van der Waals surface area contributed by atoms with E-state index in [0.29, 0.717) is 6.54 Å². The van der Waals surface area contributed by atoms with Crippen LogP contribution in [-0.2, 0) is 6.42 Å². The van der Waals surface area contributed by atoms with E-state index in [9.17, 15) is 0 Å². The average Bonchev–Trinajstić information content (AvgIpc) is 2.75. The molecule has 84 valence electrons. The normalized spacial score (nSPS) is 10.6. The van der Waals surface area contributed by atoms with Gasteiger partial charge in [0.1, 0.15) is 0 Å². The van der Waals surface area contributed by atoms with Gasteiger partial charge in [0.05, 0.1) is 4.21 Å². The zero-order valence-electron chi connectivity index (χ0n) is 8.65. The monoisotopic (exact) mass is 269 g/mol. The maximum Gasteiger partial charge on any atom is 0.0646 e. The van der Waals surface area contributed by atoms with Gasteiger partial charge < -0.3 is 5.73 Å². The Labute approximate surface area is 109 Å². The first-order chi connectivity index (χ1) is 7.79. The Balaban J connectivity index is 2.25. The summed E-state index contributed by atoms with van der Waals surface area (Å²) in [6.45, 7) is 0.651. The van der Waals surface area contributed by atoms with E-state index in [1.54, 1.807) is 23.1 Å². The van der Waals surface area contributed by atoms with Crippen LogP contribution >= 0.6 is 34.7 Å². The summed E-state index contributed by atoms with van der Waals surface area (Å²) in [4.78, 5) is 1.25. The quantitative estimate of drug-likeness (QED) is 0.906. The van der Waals surface area contributed by atoms with Crippen molar-refractivity contribution in [1.29, 1.82) is 0 Å². The summed E-state index contributed by atoms with van der Waals surface area (Å²) in [6, 6.07) is 10.2. The molecule has 2 aromatic rings. The Morgan fingerprint density at radius 1 is 1.31 bits per heavy atom. The number of thiophene rings is 1. The molecule has 0 saturated carbocycles. The summed E-state index contributed by atoms with van der Waals surface area (Å²) in [7, 11) is 0. The second-order valence-corrected chi connectivity index (χ2v) is 6.05. The second-order valence-electron chi connectivity index (χ2n) is 3.32. The minimum atomic E-state index is 0.651. The second kappa shape index (κ2) is 5.73. The summed E-state index contributed by atoms with van der Waals surface area (Å²) in [5.41, 5.74) is 6.83. The highest BCUT2D eigenvalue weighted by molar-refractivity contribution is 8.01. The lowest BCUT2D eigenvalue weighted by Crippen LogP contribution is -2.03. The van der Waals surface area contributed by atoms with Crippen LogP contribution in [0.15, 0.2) is 44.8 Å². The lowest BCUT2D eigenvalue weighted by Gasteiger charge is -2.07. The van der Waals surface area contributed by atoms with Gasteiger partial charge in [-0.25, -0.2) is 0 Å². The highest BCUT2D eigenvalue weighted by atomic mass is 35.5. The van der Waals surface area contributed by atoms with E-state index < -0.39 is 0 Å². The summed E-state index contributed by atoms with van der Waals surface area (Å²) in [6.07, 6.45) is 0.869. The van der Waals surface area contributed by atoms with Gasteiger partial charge in [-0.15, -0.1) is 11.3 Å². The molecule has 0 spiro atoms. The first kappa shape index (κ1) is 12.0. The lowest BCUT2D eigenvalue weighted by atomic mass is 10.1. The van der Waals surface area contributed by atoms with E-state index in [1.807, 2.05) is 12.1 Å². The minimum absolute atomic E-state index is 0.651. The Bertz CT molecular complexity index is 454. The van der Waals surface area contributed by atoms with Gasteiger partial charge in [0.15, 0.2) is 0 Å². The molecule has 1 aromatic heterocycles. The SMILES string of the molecule is NCCc1cc(Cl)ccc1Sc1cccs1. The molecule has 0 unspecified atom stereocenters. The number of rotatable bonds is 4. The predicted molar refractivity (Wildman–Crippen MR) is 72.7 cm³/mol. The maximum absolute atomic E-state index is 5.99. The van der Waals surface area contributed by atoms with Crippen molar-refractivity contribution in [3.05, 3.63) is 46.3 Å². The highest BCUT2D eigenvalue weighted by Gasteiger charge is 2.05. The van der Waals surface area contributed by atoms with Crippen LogP contribution in [0.2, 0.25) is 5.02 Å². The van der Waals surface area contributed by atoms with Crippen molar-refractivity contribution < 1.29 is 0 Å². The number of benzene rings is 1. The highest BCUT2D eigenvalue weighted by Crippen LogP contribution is 2.34. The fourth-order valence-corrected chi connectivity index (χ4v) is 3.49. The largest absolute Gasteiger partial charge is 0.330 e. The third-order valence-electron chi connectivity index (χ3n) is 2.14. The summed E-state index contributed by atoms with van der Waals surface area (Å²) >= 11 is 9.51. The van der Waals surface area contributed by atoms with Crippen LogP contribution in [0, 0.1) is 0 Å². The van der Waals surface area contributed by atoms with Gasteiger partial charge in [-0.05, 0) is 48.2 Å². The van der Waals surface area contributed by atoms with E-state index in [-0.39, 0.29) is 0 Å². The Morgan fingerprint density at radius 3 is 2.88 bits per heavy atom. The van der Waals surface area contributed by atoms with Crippen molar-refractivity contribution in [3.8, 4) is 0 Å². The molecule has 0 atom stereocenters. The maximum atomic E-state index is 5.99. The Kier molecular flexibility index (Phi) is 4.29. The van der Waals surface area contributed by atoms with Crippen LogP contribution in [0.25, 0.3) is 0 Å². The summed E-state index contributed by atoms with van der Waals surface area (Å²) in [5, 5.41) is 2.86. The summed E-state index contributed by atoms with van der Waals surface area (Å²) in [5.74, 6) is 0. The van der Waals surface area contributed by atoms with Gasteiger partial charge in [-0.2, -0.15) is 0 Å². The Morgan fingerprint density at radius 2 is 2.19 bits per heavy atom. The Hall–Kier alpha value is -0.480. The lowest BCUT2D eigenvalue weighted by molar-refractivity contribution is 0.945. The van der Waals surface area contributed by atoms with Crippen LogP contribution < -0.4 is 5.73 Å². The van der Waals surface area contributed by atoms with E-state index in [2.05, 4.69) is 23.6 Å². The smallest absolute Gasteiger partial charge is 0.0646 e. The van der Waals surface area contributed by atoms with E-state index in [0.717, 1.165) is 11.4 Å². The fourth-order valence-electron chi connectivity index (χ4n) is 1.43. The van der Waals surface area contributed by atoms with Gasteiger partial charge in [0, 0.05) is 9.92 Å². The van der Waals surface area contributed by atoms with Crippen molar-refractivity contribution in [2.45, 2.75) is 15.5 Å². The van der Waals surface area contributed by atoms with Crippen LogP contribution in [0.3, 0.4) is 0 Å². The third kappa shape index (κ3) is 3.01. The first-order valence-electron chi connectivity index (χ1n) is 4.99. The van der Waals surface area contributed by atoms with Crippen molar-refractivity contribution in [3.63, 3.8) is 0 Å². The first-order valence-corrected chi connectivity index (χ1v) is 7.07. The molecule has 0 fully saturated rings. The molecule has 1 aromatic carbocycles. The molecule has 2 N–H and O–H groups in total. The molecule has 0 bridgehead atoms. The van der Waals surface area contributed by atoms with Crippen molar-refractivity contribution in [1.82, 2.24) is 0 Å². The number of nitrogens with two attached hydrogens (primary N) is 1. The summed E-state index contributed by atoms with van der Waals surface area (Å²) < 4.78 is 1.29. The van der Waals surface area contributed by atoms with Crippen molar-refractivity contribution in [2.24, 2.45) is 5.73 Å². The van der Waals surface area contributed by atoms with Crippen molar-refractivity contribution >= 4 is 34.7 Å². The van der Waals surface area contributed by atoms with Gasteiger partial charge in [-0.1, -0.05) is 29.4 Å². The molecule has 1 nitrogen and oxygen atoms in total. The van der Waals surface area contributed by atoms with Gasteiger partial charge in [0.2, 0.25) is 0 Å². The van der Waals surface area contributed by atoms with Gasteiger partial charge in [0.25, 0.3) is 0 Å². The molecule has 4 heteroatoms. The topological polar surface area (TPSA) is 26.0 Å². The van der Waals surface area contributed by atoms with Crippen LogP contribution in [0.4, 0.5) is 0 Å². The van der Waals surface area contributed by atoms with Crippen LogP contribution in [0.5, 0.6) is 0 Å². The number of hydrogen-bond acceptors (Lipinski definition) is 3. The minimum Gasteiger partial charge on any atom is -0.330 e. The standard InChI is InChI=1S/C12H12ClNS2/c13-10-3-4-11(9(8-10)5-6-14)16-12-2-1-7-15-12/h1-4,7-8H,5-6,14H2. The van der Waals surface area contributed by atoms with Gasteiger partial charge >= 0.3 is 0 Å². The molecule has 16 heavy (non-hydrogen) atoms. The van der Waals surface area contributed by atoms with Gasteiger partial charge in [-0.3, -0.25) is 0 Å². The van der Waals surface area contributed by atoms with E-state index in [1.165, 1.54) is 14.7 Å². The van der Waals surface area contributed by atoms with E-state index >= 15 is 0 Å². The molecule has 0 aliphatic rings. The molecular weight excluding hydrogens is 258 g/mol. The van der Waals surface area contributed by atoms with Crippen molar-refractivity contribution in [2.75, 3.05) is 6.54 Å². The molecule has 0 aliphatic heterocycles. The fraction of sp³-hybridized carbons (Fsp3) is 0.167. The molecular formula is C12H12ClNS2. The molecule has 0 amide bonds. The zero-order valence-corrected chi connectivity index (χ0v) is 11.0. The predicted octanol–water partition coefficient (Wildman–Crippen LogP) is 4.05. The van der Waals surface area contributed by atoms with E-state index in [4.69, 9.17) is 17.3 Å². The number of halogens is 1. The zero-order chi connectivity index (χ0) is 11.4. The van der Waals surface area contributed by atoms with Crippen LogP contribution in [0.1, 0.15) is 5.56 Å². The molecule has 2 rings (SSSR count). The average molecular weight is 270 g/mol. The molecule has 0 aliphatic carbocycles. The third-order valence-corrected chi connectivity index (χ3v) is 4.53. The molecule has 0 radical (unpaired) electrons. The molecule has 0 saturated heterocycles.